The molecule has 0 aromatic heterocycles. The van der Waals surface area contributed by atoms with Crippen molar-refractivity contribution >= 4 is 0 Å². The van der Waals surface area contributed by atoms with E-state index >= 15 is 0 Å². The highest BCUT2D eigenvalue weighted by atomic mass is 16.5. The first-order valence-electron chi connectivity index (χ1n) is 4.71. The molecule has 2 atom stereocenters. The van der Waals surface area contributed by atoms with E-state index in [2.05, 4.69) is 25.7 Å². The van der Waals surface area contributed by atoms with Gasteiger partial charge in [0.1, 0.15) is 6.10 Å². The molecule has 0 aromatic rings. The fourth-order valence-electron chi connectivity index (χ4n) is 1.25. The third-order valence-corrected chi connectivity index (χ3v) is 2.07. The summed E-state index contributed by atoms with van der Waals surface area (Å²) in [6.45, 7) is 6.27. The van der Waals surface area contributed by atoms with Crippen molar-refractivity contribution in [3.05, 3.63) is 0 Å². The molecule has 0 radical (unpaired) electrons. The zero-order chi connectivity index (χ0) is 9.40. The number of hydrogen-bond donors (Lipinski definition) is 0. The van der Waals surface area contributed by atoms with E-state index in [1.54, 1.807) is 7.11 Å². The van der Waals surface area contributed by atoms with Crippen molar-refractivity contribution in [1.82, 2.24) is 0 Å². The summed E-state index contributed by atoms with van der Waals surface area (Å²) in [7, 11) is 1.73. The fourth-order valence-corrected chi connectivity index (χ4v) is 1.25. The molecule has 0 amide bonds. The van der Waals surface area contributed by atoms with Gasteiger partial charge in [-0.1, -0.05) is 32.6 Å². The van der Waals surface area contributed by atoms with Crippen molar-refractivity contribution in [3.63, 3.8) is 0 Å². The topological polar surface area (TPSA) is 9.23 Å². The van der Waals surface area contributed by atoms with Crippen LogP contribution in [0.1, 0.15) is 40.0 Å². The normalized spacial score (nSPS) is 14.7. The van der Waals surface area contributed by atoms with Gasteiger partial charge in [0.05, 0.1) is 0 Å². The van der Waals surface area contributed by atoms with Crippen molar-refractivity contribution in [2.75, 3.05) is 7.11 Å². The maximum Gasteiger partial charge on any atom is 0.120 e. The zero-order valence-corrected chi connectivity index (χ0v) is 8.68. The molecule has 0 aliphatic carbocycles. The van der Waals surface area contributed by atoms with Crippen molar-refractivity contribution < 1.29 is 4.74 Å². The Kier molecular flexibility index (Phi) is 6.90. The predicted molar refractivity (Wildman–Crippen MR) is 52.9 cm³/mol. The zero-order valence-electron chi connectivity index (χ0n) is 8.68. The van der Waals surface area contributed by atoms with Gasteiger partial charge in [-0.15, -0.1) is 5.92 Å². The number of ether oxygens (including phenoxy) is 1. The van der Waals surface area contributed by atoms with Gasteiger partial charge in [0.15, 0.2) is 0 Å². The van der Waals surface area contributed by atoms with Crippen LogP contribution in [0.2, 0.25) is 0 Å². The molecule has 70 valence electrons. The highest BCUT2D eigenvalue weighted by Gasteiger charge is 2.12. The molecule has 0 rings (SSSR count). The monoisotopic (exact) mass is 168 g/mol. The second-order valence-corrected chi connectivity index (χ2v) is 3.17. The summed E-state index contributed by atoms with van der Waals surface area (Å²) >= 11 is 0. The SMILES string of the molecule is CC#C[C@H](OC)[C@@H](C)CCCC. The average Bonchev–Trinajstić information content (AvgIpc) is 2.10. The summed E-state index contributed by atoms with van der Waals surface area (Å²) in [4.78, 5) is 0. The van der Waals surface area contributed by atoms with Crippen molar-refractivity contribution in [2.24, 2.45) is 5.92 Å². The van der Waals surface area contributed by atoms with Crippen LogP contribution in [0.3, 0.4) is 0 Å². The van der Waals surface area contributed by atoms with E-state index in [1.807, 2.05) is 6.92 Å². The van der Waals surface area contributed by atoms with Gasteiger partial charge in [-0.3, -0.25) is 0 Å². The van der Waals surface area contributed by atoms with Crippen molar-refractivity contribution in [2.45, 2.75) is 46.1 Å². The first kappa shape index (κ1) is 11.5. The van der Waals surface area contributed by atoms with Gasteiger partial charge in [-0.2, -0.15) is 0 Å². The van der Waals surface area contributed by atoms with Crippen LogP contribution >= 0.6 is 0 Å². The van der Waals surface area contributed by atoms with E-state index in [1.165, 1.54) is 19.3 Å². The van der Waals surface area contributed by atoms with Gasteiger partial charge in [0.2, 0.25) is 0 Å². The van der Waals surface area contributed by atoms with Crippen LogP contribution in [0, 0.1) is 17.8 Å². The lowest BCUT2D eigenvalue weighted by Gasteiger charge is -2.16. The van der Waals surface area contributed by atoms with Gasteiger partial charge >= 0.3 is 0 Å². The molecule has 0 aliphatic heterocycles. The Morgan fingerprint density at radius 3 is 2.50 bits per heavy atom. The molecule has 0 bridgehead atoms. The lowest BCUT2D eigenvalue weighted by atomic mass is 9.98. The minimum Gasteiger partial charge on any atom is -0.368 e. The smallest absolute Gasteiger partial charge is 0.120 e. The third kappa shape index (κ3) is 4.41. The Morgan fingerprint density at radius 1 is 1.42 bits per heavy atom. The molecule has 0 spiro atoms. The number of methoxy groups -OCH3 is 1. The van der Waals surface area contributed by atoms with Crippen LogP contribution in [0.5, 0.6) is 0 Å². The molecule has 1 nitrogen and oxygen atoms in total. The van der Waals surface area contributed by atoms with Crippen LogP contribution in [-0.2, 0) is 4.74 Å². The molecule has 0 aliphatic rings. The molecule has 0 fully saturated rings. The highest BCUT2D eigenvalue weighted by Crippen LogP contribution is 2.13. The molecule has 0 saturated carbocycles. The van der Waals surface area contributed by atoms with Crippen molar-refractivity contribution in [3.8, 4) is 11.8 Å². The van der Waals surface area contributed by atoms with Gasteiger partial charge in [0, 0.05) is 7.11 Å². The molecule has 0 unspecified atom stereocenters. The number of hydrogen-bond acceptors (Lipinski definition) is 1. The van der Waals surface area contributed by atoms with Crippen LogP contribution in [0.25, 0.3) is 0 Å². The first-order valence-corrected chi connectivity index (χ1v) is 4.71. The summed E-state index contributed by atoms with van der Waals surface area (Å²) in [5.74, 6) is 6.53. The van der Waals surface area contributed by atoms with E-state index in [0.29, 0.717) is 5.92 Å². The third-order valence-electron chi connectivity index (χ3n) is 2.07. The Bertz CT molecular complexity index is 152. The summed E-state index contributed by atoms with van der Waals surface area (Å²) < 4.78 is 5.28. The lowest BCUT2D eigenvalue weighted by molar-refractivity contribution is 0.0993. The Morgan fingerprint density at radius 2 is 2.08 bits per heavy atom. The standard InChI is InChI=1S/C11H20O/c1-5-7-9-10(3)11(12-4)8-6-2/h10-11H,5,7,9H2,1-4H3/t10-,11-/m0/s1. The largest absolute Gasteiger partial charge is 0.368 e. The number of unbranched alkanes of at least 4 members (excludes halogenated alkanes) is 1. The molecule has 1 heteroatoms. The van der Waals surface area contributed by atoms with Crippen LogP contribution < -0.4 is 0 Å². The maximum absolute atomic E-state index is 5.28. The Balaban J connectivity index is 3.82. The summed E-state index contributed by atoms with van der Waals surface area (Å²) in [5.41, 5.74) is 0. The molecular formula is C11H20O. The highest BCUT2D eigenvalue weighted by molar-refractivity contribution is 5.04. The van der Waals surface area contributed by atoms with Gasteiger partial charge in [-0.25, -0.2) is 0 Å². The van der Waals surface area contributed by atoms with Crippen LogP contribution in [0.4, 0.5) is 0 Å². The van der Waals surface area contributed by atoms with E-state index in [-0.39, 0.29) is 6.10 Å². The van der Waals surface area contributed by atoms with Gasteiger partial charge in [-0.05, 0) is 19.3 Å². The first-order chi connectivity index (χ1) is 5.76. The van der Waals surface area contributed by atoms with E-state index < -0.39 is 0 Å². The van der Waals surface area contributed by atoms with E-state index in [4.69, 9.17) is 4.74 Å². The second-order valence-electron chi connectivity index (χ2n) is 3.17. The second kappa shape index (κ2) is 7.18. The maximum atomic E-state index is 5.28. The number of rotatable bonds is 5. The van der Waals surface area contributed by atoms with E-state index in [0.717, 1.165) is 0 Å². The molecule has 0 aromatic carbocycles. The fraction of sp³-hybridized carbons (Fsp3) is 0.818. The average molecular weight is 168 g/mol. The lowest BCUT2D eigenvalue weighted by Crippen LogP contribution is -2.18. The van der Waals surface area contributed by atoms with Gasteiger partial charge in [0.25, 0.3) is 0 Å². The quantitative estimate of drug-likeness (QED) is 0.574. The van der Waals surface area contributed by atoms with Gasteiger partial charge < -0.3 is 4.74 Å². The molecule has 0 saturated heterocycles. The minimum atomic E-state index is 0.126. The summed E-state index contributed by atoms with van der Waals surface area (Å²) in [6, 6.07) is 0. The van der Waals surface area contributed by atoms with Crippen LogP contribution in [-0.4, -0.2) is 13.2 Å². The minimum absolute atomic E-state index is 0.126. The summed E-state index contributed by atoms with van der Waals surface area (Å²) in [5, 5.41) is 0. The Hall–Kier alpha value is -0.480. The van der Waals surface area contributed by atoms with Crippen molar-refractivity contribution in [1.29, 1.82) is 0 Å². The molecule has 0 heterocycles. The van der Waals surface area contributed by atoms with Crippen LogP contribution in [0.15, 0.2) is 0 Å². The summed E-state index contributed by atoms with van der Waals surface area (Å²) in [6.07, 6.45) is 3.86. The van der Waals surface area contributed by atoms with E-state index in [9.17, 15) is 0 Å². The predicted octanol–water partition coefficient (Wildman–Crippen LogP) is 2.85. The Labute approximate surface area is 76.5 Å². The molecule has 0 N–H and O–H groups in total. The molecular weight excluding hydrogens is 148 g/mol. The molecule has 12 heavy (non-hydrogen) atoms.